The Labute approximate surface area is 217 Å². The largest absolute Gasteiger partial charge is 0.354 e. The Morgan fingerprint density at radius 2 is 2.00 bits per heavy atom. The van der Waals surface area contributed by atoms with Crippen molar-refractivity contribution in [1.29, 1.82) is 0 Å². The molecule has 0 amide bonds. The smallest absolute Gasteiger partial charge is 0.153 e. The molecule has 0 aliphatic carbocycles. The predicted octanol–water partition coefficient (Wildman–Crippen LogP) is 4.01. The lowest BCUT2D eigenvalue weighted by molar-refractivity contribution is -0.108. The van der Waals surface area contributed by atoms with Gasteiger partial charge in [0.2, 0.25) is 0 Å². The lowest BCUT2D eigenvalue weighted by Gasteiger charge is -2.34. The van der Waals surface area contributed by atoms with Crippen LogP contribution in [0.2, 0.25) is 0 Å². The topological polar surface area (TPSA) is 78.7 Å². The van der Waals surface area contributed by atoms with E-state index in [9.17, 15) is 9.18 Å². The van der Waals surface area contributed by atoms with E-state index < -0.39 is 0 Å². The number of imidazole rings is 1. The van der Waals surface area contributed by atoms with Crippen LogP contribution in [0.25, 0.3) is 17.5 Å². The number of nitrogens with zero attached hydrogens (tertiary/aromatic N) is 6. The van der Waals surface area contributed by atoms with Gasteiger partial charge < -0.3 is 15.0 Å². The monoisotopic (exact) mass is 503 g/mol. The maximum Gasteiger partial charge on any atom is 0.153 e. The fraction of sp³-hybridized carbons (Fsp3) is 0.357. The fourth-order valence-corrected chi connectivity index (χ4v) is 4.63. The Morgan fingerprint density at radius 1 is 1.19 bits per heavy atom. The van der Waals surface area contributed by atoms with E-state index in [0.717, 1.165) is 74.5 Å². The van der Waals surface area contributed by atoms with Gasteiger partial charge in [-0.05, 0) is 62.2 Å². The molecule has 0 unspecified atom stereocenters. The molecule has 37 heavy (non-hydrogen) atoms. The zero-order valence-corrected chi connectivity index (χ0v) is 21.3. The fourth-order valence-electron chi connectivity index (χ4n) is 4.63. The van der Waals surface area contributed by atoms with E-state index in [4.69, 9.17) is 4.98 Å². The zero-order chi connectivity index (χ0) is 26.0. The number of aromatic nitrogens is 3. The normalized spacial score (nSPS) is 15.2. The summed E-state index contributed by atoms with van der Waals surface area (Å²) in [6.45, 7) is 7.53. The Bertz CT molecular complexity index is 1220. The Morgan fingerprint density at radius 3 is 2.73 bits per heavy atom. The molecule has 8 nitrogen and oxygen atoms in total. The number of allylic oxidation sites excluding steroid dienone is 1. The van der Waals surface area contributed by atoms with Crippen LogP contribution in [0.5, 0.6) is 0 Å². The highest BCUT2D eigenvalue weighted by molar-refractivity contribution is 5.61. The van der Waals surface area contributed by atoms with E-state index in [1.807, 2.05) is 37.4 Å². The average molecular weight is 504 g/mol. The van der Waals surface area contributed by atoms with Crippen molar-refractivity contribution < 1.29 is 9.18 Å². The van der Waals surface area contributed by atoms with Crippen molar-refractivity contribution in [3.8, 4) is 11.4 Å². The SMILES string of the molecule is C=Nn1c(-c2cccc(N3CCN(CC=O)CC3)n2)cnc1/C=C\CCC[C@@H](NC)c1cccc(F)c1. The number of pyridine rings is 1. The van der Waals surface area contributed by atoms with E-state index in [1.54, 1.807) is 23.0 Å². The van der Waals surface area contributed by atoms with Gasteiger partial charge in [-0.1, -0.05) is 24.3 Å². The molecule has 3 heterocycles. The van der Waals surface area contributed by atoms with Gasteiger partial charge in [-0.3, -0.25) is 4.90 Å². The summed E-state index contributed by atoms with van der Waals surface area (Å²) >= 11 is 0. The van der Waals surface area contributed by atoms with Crippen LogP contribution in [0.15, 0.2) is 59.8 Å². The minimum Gasteiger partial charge on any atom is -0.354 e. The van der Waals surface area contributed by atoms with Gasteiger partial charge in [0, 0.05) is 38.9 Å². The molecule has 0 spiro atoms. The molecule has 2 aromatic heterocycles. The second-order valence-electron chi connectivity index (χ2n) is 9.02. The van der Waals surface area contributed by atoms with E-state index >= 15 is 0 Å². The van der Waals surface area contributed by atoms with E-state index in [1.165, 1.54) is 6.07 Å². The molecule has 0 radical (unpaired) electrons. The van der Waals surface area contributed by atoms with Crippen LogP contribution in [-0.2, 0) is 4.79 Å². The van der Waals surface area contributed by atoms with Gasteiger partial charge >= 0.3 is 0 Å². The number of benzene rings is 1. The van der Waals surface area contributed by atoms with Crippen LogP contribution < -0.4 is 10.2 Å². The summed E-state index contributed by atoms with van der Waals surface area (Å²) in [4.78, 5) is 24.6. The number of aldehydes is 1. The van der Waals surface area contributed by atoms with E-state index in [-0.39, 0.29) is 11.9 Å². The van der Waals surface area contributed by atoms with Gasteiger partial charge in [0.25, 0.3) is 0 Å². The molecule has 1 aromatic carbocycles. The summed E-state index contributed by atoms with van der Waals surface area (Å²) in [5.41, 5.74) is 2.51. The lowest BCUT2D eigenvalue weighted by atomic mass is 10.0. The lowest BCUT2D eigenvalue weighted by Crippen LogP contribution is -2.47. The van der Waals surface area contributed by atoms with Crippen molar-refractivity contribution in [3.05, 3.63) is 71.9 Å². The first-order valence-electron chi connectivity index (χ1n) is 12.7. The van der Waals surface area contributed by atoms with Crippen molar-refractivity contribution in [1.82, 2.24) is 24.9 Å². The molecular formula is C28H34FN7O. The van der Waals surface area contributed by atoms with Crippen LogP contribution in [-0.4, -0.2) is 72.3 Å². The van der Waals surface area contributed by atoms with Gasteiger partial charge in [0.05, 0.1) is 18.4 Å². The number of unbranched alkanes of at least 4 members (excludes halogenated alkanes) is 1. The molecular weight excluding hydrogens is 469 g/mol. The van der Waals surface area contributed by atoms with Crippen molar-refractivity contribution in [2.24, 2.45) is 5.10 Å². The quantitative estimate of drug-likeness (QED) is 0.229. The highest BCUT2D eigenvalue weighted by atomic mass is 19.1. The first kappa shape index (κ1) is 26.4. The number of rotatable bonds is 12. The first-order chi connectivity index (χ1) is 18.1. The second-order valence-corrected chi connectivity index (χ2v) is 9.02. The molecule has 0 saturated carbocycles. The van der Waals surface area contributed by atoms with Crippen molar-refractivity contribution in [2.75, 3.05) is 44.7 Å². The van der Waals surface area contributed by atoms with E-state index in [2.05, 4.69) is 38.0 Å². The van der Waals surface area contributed by atoms with Gasteiger partial charge in [0.1, 0.15) is 23.6 Å². The minimum atomic E-state index is -0.214. The highest BCUT2D eigenvalue weighted by Gasteiger charge is 2.19. The minimum absolute atomic E-state index is 0.110. The van der Waals surface area contributed by atoms with Crippen LogP contribution in [0.3, 0.4) is 0 Å². The Kier molecular flexibility index (Phi) is 9.29. The molecule has 1 aliphatic rings. The standard InChI is InChI=1S/C28H34FN7O/c1-30-24(22-8-6-9-23(29)20-22)10-4-3-5-12-27-32-21-26(36(27)31-2)25-11-7-13-28(33-25)35-16-14-34(15-17-35)18-19-37/h5-9,11-13,19-21,24,30H,2-4,10,14-18H2,1H3/b12-5-/t24-/m1/s1. The molecule has 0 bridgehead atoms. The van der Waals surface area contributed by atoms with Gasteiger partial charge in [-0.25, -0.2) is 19.0 Å². The summed E-state index contributed by atoms with van der Waals surface area (Å²) in [6, 6.07) is 12.8. The summed E-state index contributed by atoms with van der Waals surface area (Å²) in [7, 11) is 1.90. The number of anilines is 1. The molecule has 1 atom stereocenters. The molecule has 194 valence electrons. The maximum atomic E-state index is 13.6. The number of carbonyl (C=O) groups excluding carboxylic acids is 1. The highest BCUT2D eigenvalue weighted by Crippen LogP contribution is 2.24. The van der Waals surface area contributed by atoms with Gasteiger partial charge in [-0.2, -0.15) is 5.10 Å². The second kappa shape index (κ2) is 13.0. The van der Waals surface area contributed by atoms with E-state index in [0.29, 0.717) is 12.4 Å². The summed E-state index contributed by atoms with van der Waals surface area (Å²) in [5.74, 6) is 1.37. The molecule has 4 rings (SSSR count). The summed E-state index contributed by atoms with van der Waals surface area (Å²) < 4.78 is 15.3. The molecule has 1 fully saturated rings. The van der Waals surface area contributed by atoms with Crippen molar-refractivity contribution in [2.45, 2.75) is 25.3 Å². The summed E-state index contributed by atoms with van der Waals surface area (Å²) in [5, 5.41) is 7.45. The molecule has 1 saturated heterocycles. The third-order valence-electron chi connectivity index (χ3n) is 6.66. The third-order valence-corrected chi connectivity index (χ3v) is 6.66. The molecule has 3 aromatic rings. The van der Waals surface area contributed by atoms with Gasteiger partial charge in [0.15, 0.2) is 5.82 Å². The number of piperazine rings is 1. The van der Waals surface area contributed by atoms with Gasteiger partial charge in [-0.15, -0.1) is 0 Å². The first-order valence-corrected chi connectivity index (χ1v) is 12.7. The molecule has 1 N–H and O–H groups in total. The van der Waals surface area contributed by atoms with Crippen molar-refractivity contribution >= 4 is 24.9 Å². The van der Waals surface area contributed by atoms with Crippen molar-refractivity contribution in [3.63, 3.8) is 0 Å². The number of hydrogen-bond acceptors (Lipinski definition) is 7. The number of nitrogens with one attached hydrogen (secondary N) is 1. The van der Waals surface area contributed by atoms with Crippen LogP contribution >= 0.6 is 0 Å². The molecule has 1 aliphatic heterocycles. The molecule has 9 heteroatoms. The zero-order valence-electron chi connectivity index (χ0n) is 21.3. The third kappa shape index (κ3) is 6.75. The predicted molar refractivity (Wildman–Crippen MR) is 146 cm³/mol. The Balaban J connectivity index is 1.37. The average Bonchev–Trinajstić information content (AvgIpc) is 3.34. The number of halogens is 1. The summed E-state index contributed by atoms with van der Waals surface area (Å²) in [6.07, 6.45) is 9.44. The Hall–Kier alpha value is -3.69. The van der Waals surface area contributed by atoms with Crippen LogP contribution in [0, 0.1) is 5.82 Å². The maximum absolute atomic E-state index is 13.6. The van der Waals surface area contributed by atoms with Crippen LogP contribution in [0.4, 0.5) is 10.2 Å². The van der Waals surface area contributed by atoms with Crippen LogP contribution in [0.1, 0.15) is 36.7 Å². The number of hydrogen-bond donors (Lipinski definition) is 1. The number of carbonyl (C=O) groups is 1.